The number of amides is 1. The lowest BCUT2D eigenvalue weighted by atomic mass is 10.3. The minimum Gasteiger partial charge on any atom is -0.384 e. The second-order valence-corrected chi connectivity index (χ2v) is 3.23. The highest BCUT2D eigenvalue weighted by molar-refractivity contribution is 7.99. The first kappa shape index (κ1) is 10.7. The maximum atomic E-state index is 10.4. The lowest BCUT2D eigenvalue weighted by Crippen LogP contribution is -2.38. The van der Waals surface area contributed by atoms with Gasteiger partial charge in [-0.05, 0) is 0 Å². The van der Waals surface area contributed by atoms with Gasteiger partial charge in [-0.15, -0.1) is 0 Å². The Bertz CT molecular complexity index is 121. The summed E-state index contributed by atoms with van der Waals surface area (Å²) in [5.41, 5.74) is 10.3. The molecule has 0 aliphatic rings. The molecule has 5 heteroatoms. The van der Waals surface area contributed by atoms with Gasteiger partial charge in [0, 0.05) is 18.6 Å². The Labute approximate surface area is 70.6 Å². The molecule has 0 saturated heterocycles. The van der Waals surface area contributed by atoms with E-state index in [9.17, 15) is 4.79 Å². The Morgan fingerprint density at radius 2 is 2.36 bits per heavy atom. The van der Waals surface area contributed by atoms with Crippen molar-refractivity contribution in [2.45, 2.75) is 6.04 Å². The molecule has 0 aromatic heterocycles. The molecule has 1 atom stereocenters. The van der Waals surface area contributed by atoms with Crippen molar-refractivity contribution < 1.29 is 9.53 Å². The van der Waals surface area contributed by atoms with Crippen LogP contribution in [0, 0.1) is 0 Å². The fourth-order valence-electron chi connectivity index (χ4n) is 0.435. The van der Waals surface area contributed by atoms with Crippen LogP contribution < -0.4 is 11.5 Å². The van der Waals surface area contributed by atoms with Gasteiger partial charge in [-0.2, -0.15) is 11.8 Å². The molecule has 0 bridgehead atoms. The normalized spacial score (nSPS) is 12.9. The van der Waals surface area contributed by atoms with Crippen LogP contribution >= 0.6 is 11.8 Å². The number of primary amides is 1. The molecule has 1 amide bonds. The smallest absolute Gasteiger partial charge is 0.235 e. The van der Waals surface area contributed by atoms with Crippen molar-refractivity contribution in [3.05, 3.63) is 0 Å². The average molecular weight is 178 g/mol. The molecule has 4 N–H and O–H groups in total. The molecule has 0 aliphatic heterocycles. The molecule has 0 spiro atoms. The quantitative estimate of drug-likeness (QED) is 0.521. The van der Waals surface area contributed by atoms with Crippen LogP contribution in [0.25, 0.3) is 0 Å². The maximum Gasteiger partial charge on any atom is 0.235 e. The van der Waals surface area contributed by atoms with Gasteiger partial charge < -0.3 is 16.2 Å². The molecule has 1 unspecified atom stereocenters. The molecule has 0 fully saturated rings. The minimum atomic E-state index is -0.531. The number of hydrogen-bond donors (Lipinski definition) is 2. The fourth-order valence-corrected chi connectivity index (χ4v) is 1.30. The third-order valence-corrected chi connectivity index (χ3v) is 2.14. The minimum absolute atomic E-state index is 0.449. The van der Waals surface area contributed by atoms with Crippen LogP contribution in [0.3, 0.4) is 0 Å². The summed E-state index contributed by atoms with van der Waals surface area (Å²) in [5, 5.41) is 0. The number of methoxy groups -OCH3 is 1. The Kier molecular flexibility index (Phi) is 6.30. The molecule has 0 rings (SSSR count). The third-order valence-electron chi connectivity index (χ3n) is 1.09. The predicted octanol–water partition coefficient (Wildman–Crippen LogP) is -0.821. The largest absolute Gasteiger partial charge is 0.384 e. The van der Waals surface area contributed by atoms with E-state index in [-0.39, 0.29) is 0 Å². The molecule has 0 saturated carbocycles. The van der Waals surface area contributed by atoms with Crippen molar-refractivity contribution >= 4 is 17.7 Å². The van der Waals surface area contributed by atoms with E-state index in [1.54, 1.807) is 18.9 Å². The molecule has 0 aromatic carbocycles. The van der Waals surface area contributed by atoms with Gasteiger partial charge in [0.2, 0.25) is 5.91 Å². The van der Waals surface area contributed by atoms with E-state index in [2.05, 4.69) is 0 Å². The number of thioether (sulfide) groups is 1. The van der Waals surface area contributed by atoms with Crippen molar-refractivity contribution in [2.24, 2.45) is 11.5 Å². The zero-order valence-electron chi connectivity index (χ0n) is 6.58. The molecule has 0 heterocycles. The van der Waals surface area contributed by atoms with Gasteiger partial charge >= 0.3 is 0 Å². The van der Waals surface area contributed by atoms with Crippen LogP contribution in [0.4, 0.5) is 0 Å². The average Bonchev–Trinajstić information content (AvgIpc) is 1.97. The summed E-state index contributed by atoms with van der Waals surface area (Å²) in [6.07, 6.45) is 0. The van der Waals surface area contributed by atoms with E-state index in [0.717, 1.165) is 5.75 Å². The molecule has 11 heavy (non-hydrogen) atoms. The summed E-state index contributed by atoms with van der Waals surface area (Å²) in [6, 6.07) is -0.531. The Hall–Kier alpha value is -0.260. The second-order valence-electron chi connectivity index (χ2n) is 2.08. The van der Waals surface area contributed by atoms with Crippen LogP contribution in [0.2, 0.25) is 0 Å². The van der Waals surface area contributed by atoms with Gasteiger partial charge in [0.25, 0.3) is 0 Å². The molecule has 66 valence electrons. The summed E-state index contributed by atoms with van der Waals surface area (Å²) in [5.74, 6) is 0.964. The van der Waals surface area contributed by atoms with E-state index >= 15 is 0 Å². The van der Waals surface area contributed by atoms with Gasteiger partial charge in [0.15, 0.2) is 0 Å². The summed E-state index contributed by atoms with van der Waals surface area (Å²) >= 11 is 1.56. The Balaban J connectivity index is 3.17. The van der Waals surface area contributed by atoms with Crippen LogP contribution in [0.5, 0.6) is 0 Å². The number of nitrogens with two attached hydrogens (primary N) is 2. The molecular weight excluding hydrogens is 164 g/mol. The van der Waals surface area contributed by atoms with Gasteiger partial charge in [-0.3, -0.25) is 4.79 Å². The fraction of sp³-hybridized carbons (Fsp3) is 0.833. The first-order valence-electron chi connectivity index (χ1n) is 3.30. The van der Waals surface area contributed by atoms with Gasteiger partial charge in [-0.1, -0.05) is 0 Å². The van der Waals surface area contributed by atoms with Crippen LogP contribution in [0.15, 0.2) is 0 Å². The summed E-state index contributed by atoms with van der Waals surface area (Å²) in [7, 11) is 1.63. The van der Waals surface area contributed by atoms with Crippen molar-refractivity contribution in [1.82, 2.24) is 0 Å². The zero-order valence-corrected chi connectivity index (χ0v) is 7.39. The van der Waals surface area contributed by atoms with Crippen molar-refractivity contribution in [3.8, 4) is 0 Å². The van der Waals surface area contributed by atoms with Gasteiger partial charge in [-0.25, -0.2) is 0 Å². The van der Waals surface area contributed by atoms with E-state index < -0.39 is 11.9 Å². The standard InChI is InChI=1S/C6H14N2O2S/c1-10-2-3-11-4-5(7)6(8)9/h5H,2-4,7H2,1H3,(H2,8,9). The molecule has 4 nitrogen and oxygen atoms in total. The van der Waals surface area contributed by atoms with Crippen molar-refractivity contribution in [1.29, 1.82) is 0 Å². The number of hydrogen-bond acceptors (Lipinski definition) is 4. The maximum absolute atomic E-state index is 10.4. The molecule has 0 aliphatic carbocycles. The Morgan fingerprint density at radius 3 is 2.82 bits per heavy atom. The number of rotatable bonds is 6. The second kappa shape index (κ2) is 6.45. The lowest BCUT2D eigenvalue weighted by Gasteiger charge is -2.05. The Morgan fingerprint density at radius 1 is 1.73 bits per heavy atom. The molecule has 0 radical (unpaired) electrons. The van der Waals surface area contributed by atoms with E-state index in [1.165, 1.54) is 0 Å². The first-order chi connectivity index (χ1) is 5.18. The number of ether oxygens (including phenoxy) is 1. The topological polar surface area (TPSA) is 78.3 Å². The SMILES string of the molecule is COCCSCC(N)C(N)=O. The van der Waals surface area contributed by atoms with Gasteiger partial charge in [0.1, 0.15) is 0 Å². The highest BCUT2D eigenvalue weighted by atomic mass is 32.2. The summed E-state index contributed by atoms with van der Waals surface area (Å²) in [4.78, 5) is 10.4. The van der Waals surface area contributed by atoms with Crippen LogP contribution in [-0.4, -0.2) is 37.2 Å². The predicted molar refractivity (Wildman–Crippen MR) is 46.4 cm³/mol. The lowest BCUT2D eigenvalue weighted by molar-refractivity contribution is -0.118. The first-order valence-corrected chi connectivity index (χ1v) is 4.45. The third kappa shape index (κ3) is 6.15. The van der Waals surface area contributed by atoms with Crippen LogP contribution in [0.1, 0.15) is 0 Å². The highest BCUT2D eigenvalue weighted by Crippen LogP contribution is 2.00. The van der Waals surface area contributed by atoms with E-state index in [1.807, 2.05) is 0 Å². The molecular formula is C6H14N2O2S. The number of carbonyl (C=O) groups excluding carboxylic acids is 1. The van der Waals surface area contributed by atoms with Crippen molar-refractivity contribution in [2.75, 3.05) is 25.2 Å². The monoisotopic (exact) mass is 178 g/mol. The van der Waals surface area contributed by atoms with Gasteiger partial charge in [0.05, 0.1) is 12.6 Å². The van der Waals surface area contributed by atoms with Crippen molar-refractivity contribution in [3.63, 3.8) is 0 Å². The van der Waals surface area contributed by atoms with E-state index in [0.29, 0.717) is 12.4 Å². The zero-order chi connectivity index (χ0) is 8.69. The van der Waals surface area contributed by atoms with E-state index in [4.69, 9.17) is 16.2 Å². The number of carbonyl (C=O) groups is 1. The molecule has 0 aromatic rings. The highest BCUT2D eigenvalue weighted by Gasteiger charge is 2.07. The summed E-state index contributed by atoms with van der Waals surface area (Å²) < 4.78 is 4.81. The summed E-state index contributed by atoms with van der Waals surface area (Å²) in [6.45, 7) is 0.677. The van der Waals surface area contributed by atoms with Crippen LogP contribution in [-0.2, 0) is 9.53 Å².